The van der Waals surface area contributed by atoms with Crippen LogP contribution in [0.5, 0.6) is 0 Å². The van der Waals surface area contributed by atoms with Crippen LogP contribution in [0.1, 0.15) is 30.7 Å². The summed E-state index contributed by atoms with van der Waals surface area (Å²) in [5.74, 6) is 0.214. The minimum Gasteiger partial charge on any atom is -0.392 e. The largest absolute Gasteiger partial charge is 0.392 e. The van der Waals surface area contributed by atoms with Crippen LogP contribution in [-0.2, 0) is 0 Å². The fourth-order valence-corrected chi connectivity index (χ4v) is 2.66. The van der Waals surface area contributed by atoms with E-state index in [0.717, 1.165) is 24.8 Å². The van der Waals surface area contributed by atoms with Gasteiger partial charge in [0.15, 0.2) is 0 Å². The summed E-state index contributed by atoms with van der Waals surface area (Å²) in [6.07, 6.45) is 2.76. The molecule has 3 heteroatoms. The summed E-state index contributed by atoms with van der Waals surface area (Å²) < 4.78 is 0. The Morgan fingerprint density at radius 1 is 1.07 bits per heavy atom. The van der Waals surface area contributed by atoms with Crippen LogP contribution in [0, 0.1) is 0 Å². The predicted molar refractivity (Wildman–Crippen MR) is 59.1 cm³/mol. The average Bonchev–Trinajstić information content (AvgIpc) is 2.49. The van der Waals surface area contributed by atoms with Gasteiger partial charge in [0.1, 0.15) is 0 Å². The minimum atomic E-state index is -0.232. The molecule has 0 amide bonds. The quantitative estimate of drug-likeness (QED) is 0.782. The Hall–Kier alpha value is -0.240. The molecule has 1 nitrogen and oxygen atoms in total. The molecule has 2 rings (SSSR count). The predicted octanol–water partition coefficient (Wildman–Crippen LogP) is 3.62. The van der Waals surface area contributed by atoms with Gasteiger partial charge in [-0.1, -0.05) is 29.6 Å². The molecule has 1 aliphatic carbocycles. The molecule has 76 valence electrons. The highest BCUT2D eigenvalue weighted by atomic mass is 35.5. The van der Waals surface area contributed by atoms with E-state index in [9.17, 15) is 5.11 Å². The summed E-state index contributed by atoms with van der Waals surface area (Å²) in [6.45, 7) is 0. The van der Waals surface area contributed by atoms with Gasteiger partial charge in [0.2, 0.25) is 0 Å². The Morgan fingerprint density at radius 3 is 2.21 bits per heavy atom. The van der Waals surface area contributed by atoms with Gasteiger partial charge < -0.3 is 5.11 Å². The molecule has 2 atom stereocenters. The van der Waals surface area contributed by atoms with E-state index in [0.29, 0.717) is 10.0 Å². The first-order chi connectivity index (χ1) is 6.66. The highest BCUT2D eigenvalue weighted by Crippen LogP contribution is 2.36. The molecule has 1 saturated carbocycles. The number of aliphatic hydroxyl groups excluding tert-OH is 1. The maximum Gasteiger partial charge on any atom is 0.0608 e. The highest BCUT2D eigenvalue weighted by molar-refractivity contribution is 6.34. The van der Waals surface area contributed by atoms with Crippen molar-refractivity contribution >= 4 is 23.2 Å². The van der Waals surface area contributed by atoms with Crippen LogP contribution >= 0.6 is 23.2 Å². The van der Waals surface area contributed by atoms with Crippen LogP contribution in [0.25, 0.3) is 0 Å². The molecule has 2 unspecified atom stereocenters. The number of benzene rings is 1. The molecule has 1 aromatic carbocycles. The van der Waals surface area contributed by atoms with Gasteiger partial charge in [-0.15, -0.1) is 0 Å². The fourth-order valence-electron chi connectivity index (χ4n) is 2.12. The third-order valence-corrected chi connectivity index (χ3v) is 3.23. The van der Waals surface area contributed by atoms with E-state index in [4.69, 9.17) is 23.2 Å². The summed E-state index contributed by atoms with van der Waals surface area (Å²) in [5, 5.41) is 11.0. The van der Waals surface area contributed by atoms with Crippen molar-refractivity contribution in [2.75, 3.05) is 0 Å². The SMILES string of the molecule is OC1CCCC1c1cc(Cl)cc(Cl)c1. The molecule has 1 aliphatic rings. The van der Waals surface area contributed by atoms with Crippen LogP contribution in [0.15, 0.2) is 18.2 Å². The van der Waals surface area contributed by atoms with E-state index in [2.05, 4.69) is 0 Å². The van der Waals surface area contributed by atoms with Gasteiger partial charge in [0.05, 0.1) is 6.10 Å². The minimum absolute atomic E-state index is 0.214. The summed E-state index contributed by atoms with van der Waals surface area (Å²) in [6, 6.07) is 5.51. The van der Waals surface area contributed by atoms with Crippen molar-refractivity contribution in [3.8, 4) is 0 Å². The van der Waals surface area contributed by atoms with Crippen molar-refractivity contribution in [3.63, 3.8) is 0 Å². The van der Waals surface area contributed by atoms with Crippen LogP contribution in [-0.4, -0.2) is 11.2 Å². The van der Waals surface area contributed by atoms with Crippen LogP contribution in [0.3, 0.4) is 0 Å². The van der Waals surface area contributed by atoms with E-state index in [1.807, 2.05) is 12.1 Å². The third-order valence-electron chi connectivity index (χ3n) is 2.79. The Bertz CT molecular complexity index is 318. The summed E-state index contributed by atoms with van der Waals surface area (Å²) in [7, 11) is 0. The zero-order chi connectivity index (χ0) is 10.1. The van der Waals surface area contributed by atoms with Gasteiger partial charge in [0, 0.05) is 16.0 Å². The lowest BCUT2D eigenvalue weighted by molar-refractivity contribution is 0.164. The zero-order valence-electron chi connectivity index (χ0n) is 7.71. The zero-order valence-corrected chi connectivity index (χ0v) is 9.22. The molecule has 0 aromatic heterocycles. The summed E-state index contributed by atoms with van der Waals surface area (Å²) in [4.78, 5) is 0. The summed E-state index contributed by atoms with van der Waals surface area (Å²) in [5.41, 5.74) is 1.06. The molecule has 0 saturated heterocycles. The van der Waals surface area contributed by atoms with E-state index < -0.39 is 0 Å². The van der Waals surface area contributed by atoms with Crippen LogP contribution in [0.2, 0.25) is 10.0 Å². The highest BCUT2D eigenvalue weighted by Gasteiger charge is 2.26. The van der Waals surface area contributed by atoms with Gasteiger partial charge in [-0.05, 0) is 36.6 Å². The number of aliphatic hydroxyl groups is 1. The molecule has 1 N–H and O–H groups in total. The van der Waals surface area contributed by atoms with Crippen LogP contribution in [0.4, 0.5) is 0 Å². The fraction of sp³-hybridized carbons (Fsp3) is 0.455. The Labute approximate surface area is 93.7 Å². The van der Waals surface area contributed by atoms with Crippen LogP contribution < -0.4 is 0 Å². The smallest absolute Gasteiger partial charge is 0.0608 e. The molecule has 0 spiro atoms. The molecule has 14 heavy (non-hydrogen) atoms. The normalized spacial score (nSPS) is 26.8. The molecule has 0 radical (unpaired) electrons. The van der Waals surface area contributed by atoms with E-state index in [1.165, 1.54) is 0 Å². The molecular weight excluding hydrogens is 219 g/mol. The molecule has 0 heterocycles. The number of rotatable bonds is 1. The van der Waals surface area contributed by atoms with Gasteiger partial charge in [-0.2, -0.15) is 0 Å². The molecule has 1 fully saturated rings. The number of hydrogen-bond donors (Lipinski definition) is 1. The average molecular weight is 231 g/mol. The number of halogens is 2. The second-order valence-electron chi connectivity index (χ2n) is 3.81. The van der Waals surface area contributed by atoms with Gasteiger partial charge in [-0.3, -0.25) is 0 Å². The Morgan fingerprint density at radius 2 is 1.71 bits per heavy atom. The second-order valence-corrected chi connectivity index (χ2v) is 4.68. The molecule has 1 aromatic rings. The van der Waals surface area contributed by atoms with Crippen molar-refractivity contribution in [2.45, 2.75) is 31.3 Å². The molecular formula is C11H12Cl2O. The summed E-state index contributed by atoms with van der Waals surface area (Å²) >= 11 is 11.8. The number of hydrogen-bond acceptors (Lipinski definition) is 1. The van der Waals surface area contributed by atoms with E-state index >= 15 is 0 Å². The van der Waals surface area contributed by atoms with Gasteiger partial charge in [0.25, 0.3) is 0 Å². The standard InChI is InChI=1S/C11H12Cl2O/c12-8-4-7(5-9(13)6-8)10-2-1-3-11(10)14/h4-6,10-11,14H,1-3H2. The van der Waals surface area contributed by atoms with Crippen molar-refractivity contribution in [1.29, 1.82) is 0 Å². The lowest BCUT2D eigenvalue weighted by Gasteiger charge is -2.15. The lowest BCUT2D eigenvalue weighted by Crippen LogP contribution is -2.10. The second kappa shape index (κ2) is 4.09. The Kier molecular flexibility index (Phi) is 3.01. The Balaban J connectivity index is 2.31. The van der Waals surface area contributed by atoms with Gasteiger partial charge >= 0.3 is 0 Å². The van der Waals surface area contributed by atoms with Crippen molar-refractivity contribution in [1.82, 2.24) is 0 Å². The topological polar surface area (TPSA) is 20.2 Å². The van der Waals surface area contributed by atoms with Crippen molar-refractivity contribution in [2.24, 2.45) is 0 Å². The van der Waals surface area contributed by atoms with Gasteiger partial charge in [-0.25, -0.2) is 0 Å². The van der Waals surface area contributed by atoms with Crippen molar-refractivity contribution in [3.05, 3.63) is 33.8 Å². The van der Waals surface area contributed by atoms with E-state index in [1.54, 1.807) is 6.07 Å². The molecule has 0 aliphatic heterocycles. The molecule has 0 bridgehead atoms. The lowest BCUT2D eigenvalue weighted by atomic mass is 9.96. The first-order valence-electron chi connectivity index (χ1n) is 4.81. The third kappa shape index (κ3) is 2.05. The first-order valence-corrected chi connectivity index (χ1v) is 5.56. The first kappa shape index (κ1) is 10.3. The monoisotopic (exact) mass is 230 g/mol. The van der Waals surface area contributed by atoms with E-state index in [-0.39, 0.29) is 12.0 Å². The maximum absolute atomic E-state index is 9.74. The van der Waals surface area contributed by atoms with Crippen molar-refractivity contribution < 1.29 is 5.11 Å². The maximum atomic E-state index is 9.74.